The maximum Gasteiger partial charge on any atom is 0.304 e. The summed E-state index contributed by atoms with van der Waals surface area (Å²) in [5.74, 6) is 0. The smallest absolute Gasteiger partial charge is 0.304 e. The Balaban J connectivity index is 2.42. The maximum atomic E-state index is 8.99. The molecule has 0 aliphatic carbocycles. The first kappa shape index (κ1) is 8.97. The quantitative estimate of drug-likeness (QED) is 0.695. The summed E-state index contributed by atoms with van der Waals surface area (Å²) in [6.45, 7) is 0. The van der Waals surface area contributed by atoms with Crippen molar-refractivity contribution in [2.24, 2.45) is 0 Å². The highest BCUT2D eigenvalue weighted by Gasteiger charge is 1.98. The summed E-state index contributed by atoms with van der Waals surface area (Å²) in [5, 5.41) is 8.99. The van der Waals surface area contributed by atoms with Gasteiger partial charge < -0.3 is 5.02 Å². The van der Waals surface area contributed by atoms with Crippen molar-refractivity contribution in [3.05, 3.63) is 48.8 Å². The standard InChI is InChI=1S/C11H10BNO/c14-12-11-5-1-3-9(7-11)10-4-2-6-13-8-10/h1-8,12,14H. The number of benzene rings is 1. The first-order valence-electron chi connectivity index (χ1n) is 4.50. The van der Waals surface area contributed by atoms with Gasteiger partial charge in [-0.1, -0.05) is 35.8 Å². The van der Waals surface area contributed by atoms with Gasteiger partial charge in [-0.15, -0.1) is 0 Å². The molecular weight excluding hydrogens is 173 g/mol. The minimum atomic E-state index is 0.0775. The third kappa shape index (κ3) is 1.83. The van der Waals surface area contributed by atoms with Gasteiger partial charge in [-0.2, -0.15) is 0 Å². The first-order valence-corrected chi connectivity index (χ1v) is 4.50. The van der Waals surface area contributed by atoms with Crippen molar-refractivity contribution in [1.29, 1.82) is 0 Å². The molecule has 0 aliphatic rings. The zero-order valence-electron chi connectivity index (χ0n) is 7.72. The molecule has 68 valence electrons. The van der Waals surface area contributed by atoms with E-state index in [1.165, 1.54) is 0 Å². The summed E-state index contributed by atoms with van der Waals surface area (Å²) < 4.78 is 0. The highest BCUT2D eigenvalue weighted by atomic mass is 16.2. The van der Waals surface area contributed by atoms with Crippen LogP contribution in [0.4, 0.5) is 0 Å². The van der Waals surface area contributed by atoms with E-state index in [1.54, 1.807) is 6.20 Å². The highest BCUT2D eigenvalue weighted by Crippen LogP contribution is 2.15. The molecule has 1 heterocycles. The van der Waals surface area contributed by atoms with E-state index in [1.807, 2.05) is 42.6 Å². The Hall–Kier alpha value is -1.61. The molecule has 14 heavy (non-hydrogen) atoms. The highest BCUT2D eigenvalue weighted by molar-refractivity contribution is 6.45. The molecule has 0 aliphatic heterocycles. The van der Waals surface area contributed by atoms with Gasteiger partial charge in [-0.05, 0) is 17.2 Å². The van der Waals surface area contributed by atoms with E-state index in [-0.39, 0.29) is 7.48 Å². The van der Waals surface area contributed by atoms with Crippen LogP contribution in [-0.4, -0.2) is 17.5 Å². The second kappa shape index (κ2) is 4.07. The zero-order valence-corrected chi connectivity index (χ0v) is 7.72. The summed E-state index contributed by atoms with van der Waals surface area (Å²) in [6, 6.07) is 11.7. The third-order valence-corrected chi connectivity index (χ3v) is 2.10. The Kier molecular flexibility index (Phi) is 2.61. The number of nitrogens with zero attached hydrogens (tertiary/aromatic N) is 1. The summed E-state index contributed by atoms with van der Waals surface area (Å²) in [4.78, 5) is 4.05. The molecule has 1 aromatic carbocycles. The van der Waals surface area contributed by atoms with Crippen molar-refractivity contribution in [3.8, 4) is 11.1 Å². The number of hydrogen-bond acceptors (Lipinski definition) is 2. The molecule has 1 aromatic heterocycles. The van der Waals surface area contributed by atoms with Crippen molar-refractivity contribution in [2.75, 3.05) is 0 Å². The number of rotatable bonds is 2. The van der Waals surface area contributed by atoms with Crippen LogP contribution in [0.5, 0.6) is 0 Å². The van der Waals surface area contributed by atoms with Crippen LogP contribution in [0, 0.1) is 0 Å². The van der Waals surface area contributed by atoms with Crippen LogP contribution < -0.4 is 5.46 Å². The van der Waals surface area contributed by atoms with Gasteiger partial charge >= 0.3 is 7.48 Å². The van der Waals surface area contributed by atoms with Gasteiger partial charge in [-0.25, -0.2) is 0 Å². The molecule has 3 heteroatoms. The largest absolute Gasteiger partial charge is 0.449 e. The molecule has 0 saturated carbocycles. The minimum absolute atomic E-state index is 0.0775. The number of hydrogen-bond donors (Lipinski definition) is 1. The first-order chi connectivity index (χ1) is 6.90. The van der Waals surface area contributed by atoms with E-state index >= 15 is 0 Å². The van der Waals surface area contributed by atoms with Crippen LogP contribution in [0.3, 0.4) is 0 Å². The average Bonchev–Trinajstić information content (AvgIpc) is 2.30. The van der Waals surface area contributed by atoms with Crippen LogP contribution in [-0.2, 0) is 0 Å². The monoisotopic (exact) mass is 183 g/mol. The fraction of sp³-hybridized carbons (Fsp3) is 0. The Labute approximate surface area is 83.5 Å². The zero-order chi connectivity index (χ0) is 9.80. The van der Waals surface area contributed by atoms with Crippen LogP contribution >= 0.6 is 0 Å². The van der Waals surface area contributed by atoms with Gasteiger partial charge in [0.1, 0.15) is 0 Å². The molecule has 0 atom stereocenters. The SMILES string of the molecule is OBc1cccc(-c2cccnc2)c1. The Morgan fingerprint density at radius 2 is 1.93 bits per heavy atom. The van der Waals surface area contributed by atoms with Crippen molar-refractivity contribution >= 4 is 12.9 Å². The van der Waals surface area contributed by atoms with Crippen molar-refractivity contribution in [2.45, 2.75) is 0 Å². The lowest BCUT2D eigenvalue weighted by Gasteiger charge is -2.01. The molecule has 0 radical (unpaired) electrons. The normalized spacial score (nSPS) is 9.79. The topological polar surface area (TPSA) is 33.1 Å². The summed E-state index contributed by atoms with van der Waals surface area (Å²) >= 11 is 0. The van der Waals surface area contributed by atoms with E-state index in [0.29, 0.717) is 0 Å². The van der Waals surface area contributed by atoms with Crippen LogP contribution in [0.2, 0.25) is 0 Å². The molecule has 0 spiro atoms. The van der Waals surface area contributed by atoms with E-state index < -0.39 is 0 Å². The van der Waals surface area contributed by atoms with Crippen LogP contribution in [0.15, 0.2) is 48.8 Å². The van der Waals surface area contributed by atoms with Crippen molar-refractivity contribution in [1.82, 2.24) is 4.98 Å². The maximum absolute atomic E-state index is 8.99. The molecule has 0 unspecified atom stereocenters. The molecule has 2 nitrogen and oxygen atoms in total. The molecule has 0 fully saturated rings. The molecule has 1 N–H and O–H groups in total. The second-order valence-electron chi connectivity index (χ2n) is 3.10. The van der Waals surface area contributed by atoms with Crippen LogP contribution in [0.1, 0.15) is 0 Å². The van der Waals surface area contributed by atoms with Crippen LogP contribution in [0.25, 0.3) is 11.1 Å². The van der Waals surface area contributed by atoms with Gasteiger partial charge in [0.05, 0.1) is 0 Å². The van der Waals surface area contributed by atoms with E-state index in [4.69, 9.17) is 5.02 Å². The molecule has 2 aromatic rings. The van der Waals surface area contributed by atoms with Gasteiger partial charge in [0, 0.05) is 12.4 Å². The van der Waals surface area contributed by atoms with E-state index in [2.05, 4.69) is 4.98 Å². The van der Waals surface area contributed by atoms with E-state index in [9.17, 15) is 0 Å². The molecule has 2 rings (SSSR count). The van der Waals surface area contributed by atoms with Gasteiger partial charge in [-0.3, -0.25) is 4.98 Å². The lowest BCUT2D eigenvalue weighted by Crippen LogP contribution is -2.12. The molecular formula is C11H10BNO. The Morgan fingerprint density at radius 3 is 2.64 bits per heavy atom. The third-order valence-electron chi connectivity index (χ3n) is 2.10. The Bertz CT molecular complexity index is 417. The van der Waals surface area contributed by atoms with E-state index in [0.717, 1.165) is 16.6 Å². The van der Waals surface area contributed by atoms with Gasteiger partial charge in [0.2, 0.25) is 0 Å². The van der Waals surface area contributed by atoms with Gasteiger partial charge in [0.25, 0.3) is 0 Å². The predicted octanol–water partition coefficient (Wildman–Crippen LogP) is 0.718. The fourth-order valence-electron chi connectivity index (χ4n) is 1.38. The molecule has 0 amide bonds. The lowest BCUT2D eigenvalue weighted by atomic mass is 9.87. The number of aromatic nitrogens is 1. The predicted molar refractivity (Wildman–Crippen MR) is 58.7 cm³/mol. The fourth-order valence-corrected chi connectivity index (χ4v) is 1.38. The van der Waals surface area contributed by atoms with Crippen molar-refractivity contribution < 1.29 is 5.02 Å². The molecule has 0 saturated heterocycles. The average molecular weight is 183 g/mol. The summed E-state index contributed by atoms with van der Waals surface area (Å²) in [7, 11) is 0.0775. The molecule has 0 bridgehead atoms. The minimum Gasteiger partial charge on any atom is -0.449 e. The number of pyridine rings is 1. The second-order valence-corrected chi connectivity index (χ2v) is 3.10. The Morgan fingerprint density at radius 1 is 1.07 bits per heavy atom. The lowest BCUT2D eigenvalue weighted by molar-refractivity contribution is 0.615. The summed E-state index contributed by atoms with van der Waals surface area (Å²) in [6.07, 6.45) is 3.57. The van der Waals surface area contributed by atoms with Crippen molar-refractivity contribution in [3.63, 3.8) is 0 Å². The van der Waals surface area contributed by atoms with Gasteiger partial charge in [0.15, 0.2) is 0 Å². The summed E-state index contributed by atoms with van der Waals surface area (Å²) in [5.41, 5.74) is 3.08.